The number of hydrogen-bond donors (Lipinski definition) is 1. The number of benzene rings is 1. The third kappa shape index (κ3) is 5.80. The van der Waals surface area contributed by atoms with E-state index in [9.17, 15) is 4.79 Å². The number of nitrogens with one attached hydrogen (secondary N) is 1. The van der Waals surface area contributed by atoms with E-state index in [4.69, 9.17) is 9.47 Å². The Bertz CT molecular complexity index is 904. The molecule has 2 aromatic rings. The Hall–Kier alpha value is -2.51. The highest BCUT2D eigenvalue weighted by molar-refractivity contribution is 5.77. The molecular formula is C24H32FN3O3. The molecule has 7 heteroatoms. The van der Waals surface area contributed by atoms with Crippen molar-refractivity contribution in [2.75, 3.05) is 31.7 Å². The first-order valence-corrected chi connectivity index (χ1v) is 10.7. The summed E-state index contributed by atoms with van der Waals surface area (Å²) in [6, 6.07) is 7.65. The Labute approximate surface area is 183 Å². The number of nitrogens with zero attached hydrogens (tertiary/aromatic N) is 2. The molecule has 0 saturated carbocycles. The second-order valence-corrected chi connectivity index (χ2v) is 8.25. The lowest BCUT2D eigenvalue weighted by molar-refractivity contribution is -0.122. The van der Waals surface area contributed by atoms with Crippen LogP contribution in [0, 0.1) is 19.7 Å². The van der Waals surface area contributed by atoms with E-state index in [2.05, 4.69) is 10.3 Å². The van der Waals surface area contributed by atoms with Gasteiger partial charge in [-0.2, -0.15) is 0 Å². The zero-order valence-corrected chi connectivity index (χ0v) is 19.0. The van der Waals surface area contributed by atoms with E-state index in [0.717, 1.165) is 22.5 Å². The van der Waals surface area contributed by atoms with Crippen LogP contribution < -0.4 is 10.2 Å². The molecule has 1 aliphatic heterocycles. The van der Waals surface area contributed by atoms with Gasteiger partial charge >= 0.3 is 0 Å². The molecule has 6 nitrogen and oxygen atoms in total. The zero-order valence-electron chi connectivity index (χ0n) is 19.0. The van der Waals surface area contributed by atoms with Gasteiger partial charge in [0.1, 0.15) is 0 Å². The van der Waals surface area contributed by atoms with Crippen LogP contribution in [-0.4, -0.2) is 49.9 Å². The van der Waals surface area contributed by atoms with E-state index < -0.39 is 0 Å². The molecule has 31 heavy (non-hydrogen) atoms. The summed E-state index contributed by atoms with van der Waals surface area (Å²) in [6.07, 6.45) is 0.273. The smallest absolute Gasteiger partial charge is 0.222 e. The third-order valence-electron chi connectivity index (χ3n) is 5.37. The molecule has 2 heterocycles. The average Bonchev–Trinajstić information content (AvgIpc) is 2.69. The van der Waals surface area contributed by atoms with Gasteiger partial charge in [-0.15, -0.1) is 0 Å². The minimum atomic E-state index is -0.307. The predicted molar refractivity (Wildman–Crippen MR) is 120 cm³/mol. The topological polar surface area (TPSA) is 63.7 Å². The van der Waals surface area contributed by atoms with E-state index in [1.165, 1.54) is 0 Å². The lowest BCUT2D eigenvalue weighted by atomic mass is 9.97. The number of halogens is 1. The molecule has 0 radical (unpaired) electrons. The number of aryl methyl sites for hydroxylation is 2. The standard InChI is InChI=1S/C24H32FN3O3/c1-15-10-19(11-16(2)27-15)20-6-7-22(28-13-17(3)31-18(4)14-28)24(25)21(20)12-26-23(29)8-9-30-5/h6-7,10-11,17-18H,8-9,12-14H2,1-5H3,(H,26,29)/t17-,18+. The first-order chi connectivity index (χ1) is 14.8. The molecule has 1 N–H and O–H groups in total. The van der Waals surface area contributed by atoms with Gasteiger partial charge in [0, 0.05) is 50.1 Å². The molecule has 3 rings (SSSR count). The molecule has 0 aliphatic carbocycles. The van der Waals surface area contributed by atoms with Gasteiger partial charge < -0.3 is 19.7 Å². The molecule has 1 aliphatic rings. The minimum Gasteiger partial charge on any atom is -0.384 e. The molecule has 1 aromatic carbocycles. The van der Waals surface area contributed by atoms with Crippen molar-refractivity contribution in [1.82, 2.24) is 10.3 Å². The Balaban J connectivity index is 2.00. The number of anilines is 1. The van der Waals surface area contributed by atoms with Gasteiger partial charge in [-0.1, -0.05) is 6.07 Å². The highest BCUT2D eigenvalue weighted by Gasteiger charge is 2.26. The summed E-state index contributed by atoms with van der Waals surface area (Å²) >= 11 is 0. The van der Waals surface area contributed by atoms with E-state index in [0.29, 0.717) is 30.9 Å². The van der Waals surface area contributed by atoms with Crippen molar-refractivity contribution in [1.29, 1.82) is 0 Å². The summed E-state index contributed by atoms with van der Waals surface area (Å²) in [6.45, 7) is 9.50. The second kappa shape index (κ2) is 10.2. The monoisotopic (exact) mass is 429 g/mol. The number of hydrogen-bond acceptors (Lipinski definition) is 5. The second-order valence-electron chi connectivity index (χ2n) is 8.25. The fourth-order valence-corrected chi connectivity index (χ4v) is 4.13. The number of aromatic nitrogens is 1. The van der Waals surface area contributed by atoms with Crippen molar-refractivity contribution in [2.45, 2.75) is 52.9 Å². The fraction of sp³-hybridized carbons (Fsp3) is 0.500. The Morgan fingerprint density at radius 3 is 2.48 bits per heavy atom. The maximum Gasteiger partial charge on any atom is 0.222 e. The van der Waals surface area contributed by atoms with Crippen LogP contribution in [0.1, 0.15) is 37.2 Å². The van der Waals surface area contributed by atoms with Crippen LogP contribution in [0.3, 0.4) is 0 Å². The maximum atomic E-state index is 15.9. The minimum absolute atomic E-state index is 0.0190. The summed E-state index contributed by atoms with van der Waals surface area (Å²) in [4.78, 5) is 18.6. The lowest BCUT2D eigenvalue weighted by Gasteiger charge is -2.37. The molecule has 2 atom stereocenters. The molecule has 1 amide bonds. The maximum absolute atomic E-state index is 15.9. The SMILES string of the molecule is COCCC(=O)NCc1c(-c2cc(C)nc(C)c2)ccc(N2C[C@@H](C)O[C@@H](C)C2)c1F. The van der Waals surface area contributed by atoms with Crippen molar-refractivity contribution in [3.63, 3.8) is 0 Å². The van der Waals surface area contributed by atoms with Crippen LogP contribution in [0.2, 0.25) is 0 Å². The molecule has 168 valence electrons. The summed E-state index contributed by atoms with van der Waals surface area (Å²) < 4.78 is 26.7. The van der Waals surface area contributed by atoms with E-state index in [-0.39, 0.29) is 36.9 Å². The van der Waals surface area contributed by atoms with E-state index in [1.54, 1.807) is 7.11 Å². The van der Waals surface area contributed by atoms with Crippen LogP contribution in [0.15, 0.2) is 24.3 Å². The fourth-order valence-electron chi connectivity index (χ4n) is 4.13. The van der Waals surface area contributed by atoms with Crippen LogP contribution in [0.25, 0.3) is 11.1 Å². The van der Waals surface area contributed by atoms with Gasteiger partial charge in [0.15, 0.2) is 5.82 Å². The van der Waals surface area contributed by atoms with Crippen molar-refractivity contribution in [3.8, 4) is 11.1 Å². The van der Waals surface area contributed by atoms with Crippen molar-refractivity contribution >= 4 is 11.6 Å². The highest BCUT2D eigenvalue weighted by atomic mass is 19.1. The van der Waals surface area contributed by atoms with Gasteiger partial charge in [-0.05, 0) is 57.0 Å². The number of amides is 1. The molecule has 0 spiro atoms. The van der Waals surface area contributed by atoms with Gasteiger partial charge in [0.25, 0.3) is 0 Å². The highest BCUT2D eigenvalue weighted by Crippen LogP contribution is 2.33. The number of pyridine rings is 1. The number of rotatable bonds is 7. The molecule has 1 aromatic heterocycles. The molecule has 1 fully saturated rings. The van der Waals surface area contributed by atoms with Gasteiger partial charge in [0.2, 0.25) is 5.91 Å². The number of ether oxygens (including phenoxy) is 2. The van der Waals surface area contributed by atoms with Crippen LogP contribution >= 0.6 is 0 Å². The summed E-state index contributed by atoms with van der Waals surface area (Å²) in [5.41, 5.74) is 4.39. The first kappa shape index (κ1) is 23.2. The third-order valence-corrected chi connectivity index (χ3v) is 5.37. The van der Waals surface area contributed by atoms with E-state index in [1.807, 2.05) is 56.9 Å². The quantitative estimate of drug-likeness (QED) is 0.726. The van der Waals surface area contributed by atoms with Crippen molar-refractivity contribution in [2.24, 2.45) is 0 Å². The van der Waals surface area contributed by atoms with Gasteiger partial charge in [-0.25, -0.2) is 4.39 Å². The number of methoxy groups -OCH3 is 1. The van der Waals surface area contributed by atoms with E-state index >= 15 is 4.39 Å². The van der Waals surface area contributed by atoms with Crippen LogP contribution in [0.5, 0.6) is 0 Å². The molecule has 0 bridgehead atoms. The predicted octanol–water partition coefficient (Wildman–Crippen LogP) is 3.77. The molecular weight excluding hydrogens is 397 g/mol. The van der Waals surface area contributed by atoms with Crippen molar-refractivity contribution in [3.05, 3.63) is 47.0 Å². The normalized spacial score (nSPS) is 18.8. The summed E-state index contributed by atoms with van der Waals surface area (Å²) in [7, 11) is 1.55. The number of morpholine rings is 1. The Morgan fingerprint density at radius 1 is 1.23 bits per heavy atom. The van der Waals surface area contributed by atoms with Crippen LogP contribution in [-0.2, 0) is 20.8 Å². The zero-order chi connectivity index (χ0) is 22.5. The molecule has 1 saturated heterocycles. The first-order valence-electron chi connectivity index (χ1n) is 10.7. The lowest BCUT2D eigenvalue weighted by Crippen LogP contribution is -2.46. The summed E-state index contributed by atoms with van der Waals surface area (Å²) in [5.74, 6) is -0.480. The van der Waals surface area contributed by atoms with Crippen molar-refractivity contribution < 1.29 is 18.7 Å². The average molecular weight is 430 g/mol. The summed E-state index contributed by atoms with van der Waals surface area (Å²) in [5, 5.41) is 2.84. The Morgan fingerprint density at radius 2 is 1.87 bits per heavy atom. The van der Waals surface area contributed by atoms with Gasteiger partial charge in [0.05, 0.1) is 24.5 Å². The number of carbonyl (C=O) groups is 1. The Kier molecular flexibility index (Phi) is 7.62. The molecule has 0 unspecified atom stereocenters. The van der Waals surface area contributed by atoms with Gasteiger partial charge in [-0.3, -0.25) is 9.78 Å². The number of carbonyl (C=O) groups excluding carboxylic acids is 1. The largest absolute Gasteiger partial charge is 0.384 e. The van der Waals surface area contributed by atoms with Crippen LogP contribution in [0.4, 0.5) is 10.1 Å².